The number of rotatable bonds is 6. The van der Waals surface area contributed by atoms with Crippen molar-refractivity contribution in [2.24, 2.45) is 5.92 Å². The highest BCUT2D eigenvalue weighted by atomic mass is 16.5. The summed E-state index contributed by atoms with van der Waals surface area (Å²) in [5.74, 6) is 1.65. The predicted molar refractivity (Wildman–Crippen MR) is 97.5 cm³/mol. The molecule has 0 aromatic carbocycles. The molecular formula is C19H32N4O. The molecule has 5 heteroatoms. The lowest BCUT2D eigenvalue weighted by Crippen LogP contribution is -2.44. The van der Waals surface area contributed by atoms with E-state index in [9.17, 15) is 0 Å². The summed E-state index contributed by atoms with van der Waals surface area (Å²) in [6.45, 7) is 12.7. The molecule has 134 valence electrons. The predicted octanol–water partition coefficient (Wildman–Crippen LogP) is 2.81. The van der Waals surface area contributed by atoms with Crippen LogP contribution in [0, 0.1) is 19.8 Å². The van der Waals surface area contributed by atoms with E-state index < -0.39 is 0 Å². The second-order valence-corrected chi connectivity index (χ2v) is 7.39. The maximum atomic E-state index is 5.75. The Morgan fingerprint density at radius 2 is 1.79 bits per heavy atom. The van der Waals surface area contributed by atoms with Crippen molar-refractivity contribution in [3.63, 3.8) is 0 Å². The molecule has 0 saturated carbocycles. The van der Waals surface area contributed by atoms with Crippen LogP contribution in [0.15, 0.2) is 6.07 Å². The Bertz CT molecular complexity index is 508. The zero-order valence-corrected chi connectivity index (χ0v) is 15.5. The molecule has 0 unspecified atom stereocenters. The number of ether oxygens (including phenoxy) is 1. The first-order chi connectivity index (χ1) is 11.7. The van der Waals surface area contributed by atoms with Crippen molar-refractivity contribution in [3.8, 4) is 0 Å². The molecule has 1 atom stereocenters. The van der Waals surface area contributed by atoms with E-state index in [-0.39, 0.29) is 0 Å². The van der Waals surface area contributed by atoms with Gasteiger partial charge in [0.2, 0.25) is 5.95 Å². The Kier molecular flexibility index (Phi) is 6.06. The van der Waals surface area contributed by atoms with Crippen molar-refractivity contribution in [2.75, 3.05) is 44.3 Å². The number of anilines is 1. The molecule has 0 N–H and O–H groups in total. The lowest BCUT2D eigenvalue weighted by atomic mass is 10.0. The van der Waals surface area contributed by atoms with E-state index in [1.54, 1.807) is 0 Å². The molecule has 3 heterocycles. The molecule has 3 rings (SSSR count). The van der Waals surface area contributed by atoms with Crippen molar-refractivity contribution in [3.05, 3.63) is 17.5 Å². The molecule has 0 spiro atoms. The molecule has 2 fully saturated rings. The van der Waals surface area contributed by atoms with Crippen LogP contribution in [0.3, 0.4) is 0 Å². The quantitative estimate of drug-likeness (QED) is 0.749. The summed E-state index contributed by atoms with van der Waals surface area (Å²) in [7, 11) is 0. The van der Waals surface area contributed by atoms with E-state index >= 15 is 0 Å². The highest BCUT2D eigenvalue weighted by Crippen LogP contribution is 2.26. The van der Waals surface area contributed by atoms with Crippen LogP contribution in [0.25, 0.3) is 0 Å². The first-order valence-electron chi connectivity index (χ1n) is 9.54. The standard InChI is InChI=1S/C19H32N4O/c1-4-11-24-14-17-5-8-23(13-17)18-6-9-22(10-7-18)19-20-15(2)12-16(3)21-19/h12,17-18H,4-11,13-14H2,1-3H3/t17-/m0/s1. The van der Waals surface area contributed by atoms with Gasteiger partial charge >= 0.3 is 0 Å². The van der Waals surface area contributed by atoms with Crippen molar-refractivity contribution in [2.45, 2.75) is 52.5 Å². The van der Waals surface area contributed by atoms with Gasteiger partial charge in [0.05, 0.1) is 6.61 Å². The van der Waals surface area contributed by atoms with Crippen LogP contribution >= 0.6 is 0 Å². The molecule has 1 aromatic heterocycles. The largest absolute Gasteiger partial charge is 0.381 e. The minimum Gasteiger partial charge on any atom is -0.381 e. The van der Waals surface area contributed by atoms with Crippen LogP contribution in [-0.4, -0.2) is 60.3 Å². The fraction of sp³-hybridized carbons (Fsp3) is 0.789. The molecule has 2 aliphatic heterocycles. The summed E-state index contributed by atoms with van der Waals surface area (Å²) in [6, 6.07) is 2.77. The zero-order valence-electron chi connectivity index (χ0n) is 15.5. The van der Waals surface area contributed by atoms with Gasteiger partial charge in [-0.15, -0.1) is 0 Å². The molecule has 24 heavy (non-hydrogen) atoms. The van der Waals surface area contributed by atoms with Gasteiger partial charge in [-0.2, -0.15) is 0 Å². The third-order valence-electron chi connectivity index (χ3n) is 5.25. The number of hydrogen-bond acceptors (Lipinski definition) is 5. The van der Waals surface area contributed by atoms with Gasteiger partial charge < -0.3 is 9.64 Å². The van der Waals surface area contributed by atoms with Gasteiger partial charge in [0.1, 0.15) is 0 Å². The third kappa shape index (κ3) is 4.45. The number of nitrogens with zero attached hydrogens (tertiary/aromatic N) is 4. The second-order valence-electron chi connectivity index (χ2n) is 7.39. The van der Waals surface area contributed by atoms with E-state index in [0.29, 0.717) is 0 Å². The van der Waals surface area contributed by atoms with E-state index in [1.807, 2.05) is 6.07 Å². The van der Waals surface area contributed by atoms with Gasteiger partial charge in [-0.3, -0.25) is 4.90 Å². The lowest BCUT2D eigenvalue weighted by molar-refractivity contribution is 0.0974. The summed E-state index contributed by atoms with van der Waals surface area (Å²) in [5.41, 5.74) is 2.13. The summed E-state index contributed by atoms with van der Waals surface area (Å²) >= 11 is 0. The normalized spacial score (nSPS) is 23.1. The van der Waals surface area contributed by atoms with Gasteiger partial charge in [0, 0.05) is 43.7 Å². The number of hydrogen-bond donors (Lipinski definition) is 0. The van der Waals surface area contributed by atoms with Crippen LogP contribution in [0.4, 0.5) is 5.95 Å². The molecule has 2 saturated heterocycles. The molecule has 0 radical (unpaired) electrons. The Balaban J connectivity index is 1.47. The van der Waals surface area contributed by atoms with Crippen molar-refractivity contribution < 1.29 is 4.74 Å². The van der Waals surface area contributed by atoms with Crippen LogP contribution < -0.4 is 4.90 Å². The smallest absolute Gasteiger partial charge is 0.225 e. The topological polar surface area (TPSA) is 41.5 Å². The number of aromatic nitrogens is 2. The SMILES string of the molecule is CCCOC[C@H]1CCN(C2CCN(c3nc(C)cc(C)n3)CC2)C1. The molecule has 0 aliphatic carbocycles. The van der Waals surface area contributed by atoms with Gasteiger partial charge in [0.25, 0.3) is 0 Å². The van der Waals surface area contributed by atoms with E-state index in [2.05, 4.69) is 40.5 Å². The van der Waals surface area contributed by atoms with Crippen LogP contribution in [-0.2, 0) is 4.74 Å². The van der Waals surface area contributed by atoms with Gasteiger partial charge in [-0.05, 0) is 58.1 Å². The highest BCUT2D eigenvalue weighted by molar-refractivity contribution is 5.32. The van der Waals surface area contributed by atoms with Crippen molar-refractivity contribution in [1.82, 2.24) is 14.9 Å². The molecule has 5 nitrogen and oxygen atoms in total. The van der Waals surface area contributed by atoms with Gasteiger partial charge in [0.15, 0.2) is 0 Å². The van der Waals surface area contributed by atoms with Crippen LogP contribution in [0.5, 0.6) is 0 Å². The highest BCUT2D eigenvalue weighted by Gasteiger charge is 2.31. The molecule has 2 aliphatic rings. The summed E-state index contributed by atoms with van der Waals surface area (Å²) in [6.07, 6.45) is 4.86. The molecule has 0 bridgehead atoms. The van der Waals surface area contributed by atoms with Crippen molar-refractivity contribution >= 4 is 5.95 Å². The summed E-state index contributed by atoms with van der Waals surface area (Å²) in [4.78, 5) is 14.3. The zero-order chi connectivity index (χ0) is 16.9. The van der Waals surface area contributed by atoms with Gasteiger partial charge in [-0.1, -0.05) is 6.92 Å². The van der Waals surface area contributed by atoms with E-state index in [4.69, 9.17) is 4.74 Å². The fourth-order valence-electron chi connectivity index (χ4n) is 4.00. The van der Waals surface area contributed by atoms with Crippen molar-refractivity contribution in [1.29, 1.82) is 0 Å². The average Bonchev–Trinajstić information content (AvgIpc) is 3.03. The Morgan fingerprint density at radius 1 is 1.08 bits per heavy atom. The van der Waals surface area contributed by atoms with E-state index in [0.717, 1.165) is 62.0 Å². The summed E-state index contributed by atoms with van der Waals surface area (Å²) in [5, 5.41) is 0. The minimum atomic E-state index is 0.725. The molecular weight excluding hydrogens is 300 g/mol. The maximum absolute atomic E-state index is 5.75. The molecule has 0 amide bonds. The average molecular weight is 332 g/mol. The maximum Gasteiger partial charge on any atom is 0.225 e. The summed E-state index contributed by atoms with van der Waals surface area (Å²) < 4.78 is 5.75. The van der Waals surface area contributed by atoms with Crippen LogP contribution in [0.1, 0.15) is 44.0 Å². The minimum absolute atomic E-state index is 0.725. The van der Waals surface area contributed by atoms with E-state index in [1.165, 1.54) is 32.4 Å². The fourth-order valence-corrected chi connectivity index (χ4v) is 4.00. The van der Waals surface area contributed by atoms with Crippen LogP contribution in [0.2, 0.25) is 0 Å². The second kappa shape index (κ2) is 8.26. The number of piperidine rings is 1. The Morgan fingerprint density at radius 3 is 2.46 bits per heavy atom. The monoisotopic (exact) mass is 332 g/mol. The molecule has 1 aromatic rings. The number of likely N-dealkylation sites (tertiary alicyclic amines) is 1. The Labute approximate surface area is 146 Å². The first kappa shape index (κ1) is 17.6. The van der Waals surface area contributed by atoms with Gasteiger partial charge in [-0.25, -0.2) is 9.97 Å². The Hall–Kier alpha value is -1.20. The lowest BCUT2D eigenvalue weighted by Gasteiger charge is -2.37. The number of aryl methyl sites for hydroxylation is 2. The third-order valence-corrected chi connectivity index (χ3v) is 5.25. The first-order valence-corrected chi connectivity index (χ1v) is 9.54.